The molecule has 0 atom stereocenters. The van der Waals surface area contributed by atoms with Gasteiger partial charge in [-0.25, -0.2) is 0 Å². The maximum absolute atomic E-state index is 11.3. The lowest BCUT2D eigenvalue weighted by Gasteiger charge is -2.33. The summed E-state index contributed by atoms with van der Waals surface area (Å²) in [6, 6.07) is 11.8. The molecule has 43 heavy (non-hydrogen) atoms. The van der Waals surface area contributed by atoms with E-state index >= 15 is 0 Å². The number of phenolic OH excluding ortho intramolecular Hbond substituents is 2. The molecule has 0 unspecified atom stereocenters. The molecule has 244 valence electrons. The Labute approximate surface area is 275 Å². The Bertz CT molecular complexity index is 1040. The van der Waals surface area contributed by atoms with Crippen LogP contribution in [0.1, 0.15) is 145 Å². The normalized spacial score (nSPS) is 13.5. The van der Waals surface area contributed by atoms with Gasteiger partial charge < -0.3 is 10.2 Å². The van der Waals surface area contributed by atoms with Gasteiger partial charge in [0, 0.05) is 32.0 Å². The van der Waals surface area contributed by atoms with Crippen LogP contribution in [0, 0.1) is 0 Å². The van der Waals surface area contributed by atoms with Gasteiger partial charge in [-0.15, -0.1) is 23.5 Å². The van der Waals surface area contributed by atoms with E-state index in [2.05, 4.69) is 121 Å². The Hall–Kier alpha value is -1.04. The van der Waals surface area contributed by atoms with Gasteiger partial charge in [0.25, 0.3) is 0 Å². The van der Waals surface area contributed by atoms with Crippen LogP contribution < -0.4 is 0 Å². The average Bonchev–Trinajstić information content (AvgIpc) is 2.86. The van der Waals surface area contributed by atoms with Gasteiger partial charge in [0.2, 0.25) is 0 Å². The molecule has 2 aromatic rings. The fourth-order valence-corrected chi connectivity index (χ4v) is 16.1. The molecule has 0 aromatic heterocycles. The van der Waals surface area contributed by atoms with E-state index in [1.165, 1.54) is 58.3 Å². The lowest BCUT2D eigenvalue weighted by molar-refractivity contribution is 0.421. The lowest BCUT2D eigenvalue weighted by Crippen LogP contribution is -2.41. The number of unbranched alkanes of at least 4 members (excludes halogenated alkanes) is 2. The zero-order chi connectivity index (χ0) is 33.0. The Morgan fingerprint density at radius 2 is 0.767 bits per heavy atom. The van der Waals surface area contributed by atoms with Gasteiger partial charge in [0.15, 0.2) is 0 Å². The van der Waals surface area contributed by atoms with E-state index in [1.54, 1.807) is 0 Å². The SMILES string of the molecule is CCCC[Si](CCCC)(CSc1cc(C(C)(C)C)c(O)c(C(C)(C)C)c1)CSc1cc(C(C)(C)C)c(O)c(C(C)(C)C)c1. The summed E-state index contributed by atoms with van der Waals surface area (Å²) in [7, 11) is -1.68. The number of phenols is 2. The summed E-state index contributed by atoms with van der Waals surface area (Å²) in [5.41, 5.74) is 3.74. The molecule has 0 radical (unpaired) electrons. The molecule has 0 spiro atoms. The van der Waals surface area contributed by atoms with Crippen LogP contribution in [-0.4, -0.2) is 29.0 Å². The van der Waals surface area contributed by atoms with E-state index in [9.17, 15) is 10.2 Å². The largest absolute Gasteiger partial charge is 0.507 e. The second kappa shape index (κ2) is 14.6. The summed E-state index contributed by atoms with van der Waals surface area (Å²) < 4.78 is 0. The van der Waals surface area contributed by atoms with Crippen molar-refractivity contribution >= 4 is 31.6 Å². The Morgan fingerprint density at radius 1 is 0.512 bits per heavy atom. The summed E-state index contributed by atoms with van der Waals surface area (Å²) in [6.45, 7) is 31.1. The molecule has 0 aliphatic rings. The first-order valence-electron chi connectivity index (χ1n) is 16.6. The van der Waals surface area contributed by atoms with Crippen LogP contribution in [0.2, 0.25) is 12.1 Å². The van der Waals surface area contributed by atoms with E-state index < -0.39 is 8.07 Å². The Kier molecular flexibility index (Phi) is 12.9. The molecule has 2 N–H and O–H groups in total. The predicted octanol–water partition coefficient (Wildman–Crippen LogP) is 12.3. The smallest absolute Gasteiger partial charge is 0.123 e. The molecule has 0 bridgehead atoms. The summed E-state index contributed by atoms with van der Waals surface area (Å²) in [4.78, 5) is 2.61. The molecular weight excluding hydrogens is 581 g/mol. The zero-order valence-corrected chi connectivity index (χ0v) is 32.8. The third-order valence-electron chi connectivity index (χ3n) is 8.61. The molecule has 0 heterocycles. The molecular formula is C38H64O2S2Si. The lowest BCUT2D eigenvalue weighted by atomic mass is 9.79. The van der Waals surface area contributed by atoms with Gasteiger partial charge in [-0.1, -0.05) is 135 Å². The molecule has 2 rings (SSSR count). The second-order valence-electron chi connectivity index (χ2n) is 17.0. The first-order chi connectivity index (χ1) is 19.6. The van der Waals surface area contributed by atoms with Crippen molar-refractivity contribution in [2.45, 2.75) is 166 Å². The Morgan fingerprint density at radius 3 is 0.977 bits per heavy atom. The highest BCUT2D eigenvalue weighted by atomic mass is 32.2. The van der Waals surface area contributed by atoms with Crippen LogP contribution in [0.5, 0.6) is 11.5 Å². The minimum atomic E-state index is -1.68. The maximum atomic E-state index is 11.3. The van der Waals surface area contributed by atoms with Crippen molar-refractivity contribution in [3.63, 3.8) is 0 Å². The quantitative estimate of drug-likeness (QED) is 0.178. The molecule has 5 heteroatoms. The molecule has 0 saturated heterocycles. The summed E-state index contributed by atoms with van der Waals surface area (Å²) in [5.74, 6) is 0.939. The molecule has 0 amide bonds. The molecule has 2 aromatic carbocycles. The average molecular weight is 645 g/mol. The van der Waals surface area contributed by atoms with Crippen molar-refractivity contribution in [1.29, 1.82) is 0 Å². The fraction of sp³-hybridized carbons (Fsp3) is 0.684. The standard InChI is InChI=1S/C38H64O2S2Si/c1-15-17-19-43(20-18-16-2,25-41-27-21-29(35(3,4)5)33(39)30(22-27)36(6,7)8)26-42-28-23-31(37(9,10)11)34(40)32(24-28)38(12,13)14/h21-24,39-40H,15-20,25-26H2,1-14H3. The fourth-order valence-electron chi connectivity index (χ4n) is 5.70. The topological polar surface area (TPSA) is 40.5 Å². The first kappa shape index (κ1) is 38.1. The van der Waals surface area contributed by atoms with Gasteiger partial charge in [0.05, 0.1) is 8.07 Å². The van der Waals surface area contributed by atoms with Gasteiger partial charge in [0.1, 0.15) is 11.5 Å². The van der Waals surface area contributed by atoms with E-state index in [-0.39, 0.29) is 21.7 Å². The van der Waals surface area contributed by atoms with Crippen LogP contribution in [0.4, 0.5) is 0 Å². The van der Waals surface area contributed by atoms with Crippen LogP contribution >= 0.6 is 23.5 Å². The molecule has 0 saturated carbocycles. The Balaban J connectivity index is 2.56. The van der Waals surface area contributed by atoms with Crippen molar-refractivity contribution in [1.82, 2.24) is 0 Å². The summed E-state index contributed by atoms with van der Waals surface area (Å²) in [6.07, 6.45) is 5.06. The van der Waals surface area contributed by atoms with Crippen LogP contribution in [0.25, 0.3) is 0 Å². The third-order valence-corrected chi connectivity index (χ3v) is 18.6. The minimum Gasteiger partial charge on any atom is -0.507 e. The van der Waals surface area contributed by atoms with Gasteiger partial charge in [-0.05, 0) is 56.7 Å². The van der Waals surface area contributed by atoms with E-state index in [0.717, 1.165) is 22.3 Å². The molecule has 0 aliphatic carbocycles. The van der Waals surface area contributed by atoms with Crippen LogP contribution in [0.3, 0.4) is 0 Å². The van der Waals surface area contributed by atoms with E-state index in [1.807, 2.05) is 23.5 Å². The highest BCUT2D eigenvalue weighted by Gasteiger charge is 2.34. The molecule has 0 aliphatic heterocycles. The highest BCUT2D eigenvalue weighted by Crippen LogP contribution is 2.45. The number of aromatic hydroxyl groups is 2. The monoisotopic (exact) mass is 644 g/mol. The van der Waals surface area contributed by atoms with Crippen molar-refractivity contribution in [3.8, 4) is 11.5 Å². The number of hydrogen-bond donors (Lipinski definition) is 2. The number of benzene rings is 2. The van der Waals surface area contributed by atoms with Gasteiger partial charge in [-0.3, -0.25) is 0 Å². The first-order valence-corrected chi connectivity index (χ1v) is 21.4. The van der Waals surface area contributed by atoms with Crippen molar-refractivity contribution in [3.05, 3.63) is 46.5 Å². The number of hydrogen-bond acceptors (Lipinski definition) is 4. The molecule has 2 nitrogen and oxygen atoms in total. The summed E-state index contributed by atoms with van der Waals surface area (Å²) in [5, 5.41) is 25.0. The van der Waals surface area contributed by atoms with Gasteiger partial charge >= 0.3 is 0 Å². The zero-order valence-electron chi connectivity index (χ0n) is 30.2. The maximum Gasteiger partial charge on any atom is 0.123 e. The van der Waals surface area contributed by atoms with Crippen molar-refractivity contribution < 1.29 is 10.2 Å². The van der Waals surface area contributed by atoms with Crippen molar-refractivity contribution in [2.75, 3.05) is 10.8 Å². The van der Waals surface area contributed by atoms with E-state index in [4.69, 9.17) is 0 Å². The number of rotatable bonds is 12. The third kappa shape index (κ3) is 10.5. The van der Waals surface area contributed by atoms with Crippen LogP contribution in [-0.2, 0) is 21.7 Å². The van der Waals surface area contributed by atoms with Crippen molar-refractivity contribution in [2.24, 2.45) is 0 Å². The van der Waals surface area contributed by atoms with Gasteiger partial charge in [-0.2, -0.15) is 0 Å². The second-order valence-corrected chi connectivity index (χ2v) is 24.8. The van der Waals surface area contributed by atoms with Crippen LogP contribution in [0.15, 0.2) is 34.1 Å². The molecule has 0 fully saturated rings. The summed E-state index contributed by atoms with van der Waals surface area (Å²) >= 11 is 4.09. The predicted molar refractivity (Wildman–Crippen MR) is 198 cm³/mol. The number of thioether (sulfide) groups is 2. The minimum absolute atomic E-state index is 0.121. The highest BCUT2D eigenvalue weighted by molar-refractivity contribution is 8.03. The van der Waals surface area contributed by atoms with E-state index in [0.29, 0.717) is 11.5 Å².